The molecule has 144 valence electrons. The van der Waals surface area contributed by atoms with Crippen LogP contribution in [0.25, 0.3) is 0 Å². The van der Waals surface area contributed by atoms with Gasteiger partial charge in [0.15, 0.2) is 0 Å². The quantitative estimate of drug-likeness (QED) is 0.849. The second-order valence-corrected chi connectivity index (χ2v) is 7.85. The lowest BCUT2D eigenvalue weighted by Gasteiger charge is -2.35. The van der Waals surface area contributed by atoms with E-state index in [1.807, 2.05) is 24.4 Å². The third-order valence-corrected chi connectivity index (χ3v) is 5.97. The van der Waals surface area contributed by atoms with E-state index in [4.69, 9.17) is 4.74 Å². The summed E-state index contributed by atoms with van der Waals surface area (Å²) in [7, 11) is 0. The molecule has 27 heavy (non-hydrogen) atoms. The summed E-state index contributed by atoms with van der Waals surface area (Å²) in [5, 5.41) is 3.76. The smallest absolute Gasteiger partial charge is 0.123 e. The van der Waals surface area contributed by atoms with Crippen molar-refractivity contribution >= 4 is 0 Å². The Kier molecular flexibility index (Phi) is 5.81. The fraction of sp³-hybridized carbons (Fsp3) is 0.500. The van der Waals surface area contributed by atoms with E-state index in [1.165, 1.54) is 6.07 Å². The van der Waals surface area contributed by atoms with Gasteiger partial charge in [0.2, 0.25) is 0 Å². The molecule has 1 atom stereocenters. The number of piperidine rings is 1. The van der Waals surface area contributed by atoms with E-state index in [-0.39, 0.29) is 11.2 Å². The molecule has 3 heterocycles. The molecule has 2 aliphatic heterocycles. The number of aromatic nitrogens is 1. The minimum atomic E-state index is -0.165. The molecule has 4 nitrogen and oxygen atoms in total. The van der Waals surface area contributed by atoms with Gasteiger partial charge in [-0.15, -0.1) is 0 Å². The van der Waals surface area contributed by atoms with E-state index < -0.39 is 0 Å². The van der Waals surface area contributed by atoms with Gasteiger partial charge in [-0.05, 0) is 49.1 Å². The highest BCUT2D eigenvalue weighted by Crippen LogP contribution is 2.33. The Balaban J connectivity index is 1.31. The molecule has 0 saturated carbocycles. The molecule has 1 N–H and O–H groups in total. The Morgan fingerprint density at radius 3 is 2.78 bits per heavy atom. The van der Waals surface area contributed by atoms with Crippen molar-refractivity contribution in [3.05, 3.63) is 65.7 Å². The molecule has 1 aromatic carbocycles. The first-order valence-corrected chi connectivity index (χ1v) is 9.93. The van der Waals surface area contributed by atoms with Crippen molar-refractivity contribution in [2.24, 2.45) is 0 Å². The predicted octanol–water partition coefficient (Wildman–Crippen LogP) is 3.13. The van der Waals surface area contributed by atoms with Crippen LogP contribution in [0.5, 0.6) is 0 Å². The first-order valence-electron chi connectivity index (χ1n) is 9.93. The average molecular weight is 369 g/mol. The third kappa shape index (κ3) is 4.54. The maximum atomic E-state index is 13.7. The van der Waals surface area contributed by atoms with Crippen LogP contribution in [-0.2, 0) is 16.7 Å². The second-order valence-electron chi connectivity index (χ2n) is 7.85. The number of rotatable bonds is 6. The summed E-state index contributed by atoms with van der Waals surface area (Å²) in [5.41, 5.74) is 2.09. The number of halogens is 1. The zero-order valence-corrected chi connectivity index (χ0v) is 15.7. The first kappa shape index (κ1) is 18.5. The summed E-state index contributed by atoms with van der Waals surface area (Å²) in [4.78, 5) is 6.90. The normalized spacial score (nSPS) is 24.3. The maximum Gasteiger partial charge on any atom is 0.123 e. The number of likely N-dealkylation sites (tertiary alicyclic amines) is 1. The summed E-state index contributed by atoms with van der Waals surface area (Å²) in [5.74, 6) is -0.165. The molecule has 0 aliphatic carbocycles. The van der Waals surface area contributed by atoms with Crippen LogP contribution in [-0.4, -0.2) is 48.8 Å². The SMILES string of the molecule is Fc1cccc([C@]2(CNC3CCN(Cc4ccccn4)CC3)CCOC2)c1. The lowest BCUT2D eigenvalue weighted by atomic mass is 9.79. The number of ether oxygens (including phenoxy) is 1. The molecule has 0 spiro atoms. The summed E-state index contributed by atoms with van der Waals surface area (Å²) in [6, 6.07) is 13.6. The van der Waals surface area contributed by atoms with Crippen molar-refractivity contribution in [3.63, 3.8) is 0 Å². The zero-order chi connectivity index (χ0) is 18.5. The number of hydrogen-bond donors (Lipinski definition) is 1. The third-order valence-electron chi connectivity index (χ3n) is 5.97. The number of hydrogen-bond acceptors (Lipinski definition) is 4. The van der Waals surface area contributed by atoms with Crippen LogP contribution in [0, 0.1) is 5.82 Å². The highest BCUT2D eigenvalue weighted by molar-refractivity contribution is 5.28. The van der Waals surface area contributed by atoms with Crippen molar-refractivity contribution < 1.29 is 9.13 Å². The van der Waals surface area contributed by atoms with Crippen molar-refractivity contribution in [2.75, 3.05) is 32.8 Å². The molecular weight excluding hydrogens is 341 g/mol. The Morgan fingerprint density at radius 2 is 2.07 bits per heavy atom. The van der Waals surface area contributed by atoms with Gasteiger partial charge in [-0.1, -0.05) is 18.2 Å². The Hall–Kier alpha value is -1.82. The van der Waals surface area contributed by atoms with Gasteiger partial charge in [0.05, 0.1) is 12.3 Å². The van der Waals surface area contributed by atoms with Gasteiger partial charge < -0.3 is 10.1 Å². The maximum absolute atomic E-state index is 13.7. The lowest BCUT2D eigenvalue weighted by Crippen LogP contribution is -2.47. The van der Waals surface area contributed by atoms with E-state index in [2.05, 4.69) is 21.3 Å². The van der Waals surface area contributed by atoms with E-state index in [1.54, 1.807) is 12.1 Å². The molecule has 0 radical (unpaired) electrons. The predicted molar refractivity (Wildman–Crippen MR) is 104 cm³/mol. The molecule has 2 aliphatic rings. The second kappa shape index (κ2) is 8.46. The zero-order valence-electron chi connectivity index (χ0n) is 15.7. The van der Waals surface area contributed by atoms with Crippen molar-refractivity contribution in [1.82, 2.24) is 15.2 Å². The van der Waals surface area contributed by atoms with Gasteiger partial charge >= 0.3 is 0 Å². The molecule has 2 aromatic rings. The van der Waals surface area contributed by atoms with Gasteiger partial charge in [-0.2, -0.15) is 0 Å². The van der Waals surface area contributed by atoms with E-state index >= 15 is 0 Å². The van der Waals surface area contributed by atoms with Gasteiger partial charge in [0.25, 0.3) is 0 Å². The Labute approximate surface area is 160 Å². The highest BCUT2D eigenvalue weighted by Gasteiger charge is 2.37. The number of benzene rings is 1. The Bertz CT molecular complexity index is 725. The molecule has 5 heteroatoms. The van der Waals surface area contributed by atoms with Crippen molar-refractivity contribution in [1.29, 1.82) is 0 Å². The van der Waals surface area contributed by atoms with Crippen molar-refractivity contribution in [3.8, 4) is 0 Å². The average Bonchev–Trinajstić information content (AvgIpc) is 3.19. The molecule has 0 amide bonds. The Morgan fingerprint density at radius 1 is 1.19 bits per heavy atom. The van der Waals surface area contributed by atoms with Crippen LogP contribution < -0.4 is 5.32 Å². The lowest BCUT2D eigenvalue weighted by molar-refractivity contribution is 0.164. The largest absolute Gasteiger partial charge is 0.380 e. The van der Waals surface area contributed by atoms with Gasteiger partial charge in [0.1, 0.15) is 5.82 Å². The minimum Gasteiger partial charge on any atom is -0.380 e. The van der Waals surface area contributed by atoms with Crippen LogP contribution in [0.15, 0.2) is 48.7 Å². The molecular formula is C22H28FN3O. The molecule has 4 rings (SSSR count). The summed E-state index contributed by atoms with van der Waals surface area (Å²) >= 11 is 0. The van der Waals surface area contributed by atoms with Crippen LogP contribution in [0.1, 0.15) is 30.5 Å². The molecule has 0 unspecified atom stereocenters. The van der Waals surface area contributed by atoms with Crippen LogP contribution in [0.2, 0.25) is 0 Å². The van der Waals surface area contributed by atoms with Gasteiger partial charge in [-0.25, -0.2) is 4.39 Å². The minimum absolute atomic E-state index is 0.104. The molecule has 0 bridgehead atoms. The van der Waals surface area contributed by atoms with Crippen LogP contribution in [0.4, 0.5) is 4.39 Å². The van der Waals surface area contributed by atoms with Crippen LogP contribution in [0.3, 0.4) is 0 Å². The molecule has 2 fully saturated rings. The number of nitrogens with zero attached hydrogens (tertiary/aromatic N) is 2. The topological polar surface area (TPSA) is 37.4 Å². The summed E-state index contributed by atoms with van der Waals surface area (Å²) < 4.78 is 19.4. The fourth-order valence-electron chi connectivity index (χ4n) is 4.25. The standard InChI is InChI=1S/C22H28FN3O/c23-19-5-3-4-18(14-19)22(9-13-27-17-22)16-25-20-7-11-26(12-8-20)15-21-6-1-2-10-24-21/h1-6,10,14,20,25H,7-9,11-13,15-17H2/t22-/m0/s1. The van der Waals surface area contributed by atoms with E-state index in [0.717, 1.165) is 63.3 Å². The first-order chi connectivity index (χ1) is 13.2. The molecule has 2 saturated heterocycles. The van der Waals surface area contributed by atoms with Crippen LogP contribution >= 0.6 is 0 Å². The monoisotopic (exact) mass is 369 g/mol. The van der Waals surface area contributed by atoms with Gasteiger partial charge in [-0.3, -0.25) is 9.88 Å². The fourth-order valence-corrected chi connectivity index (χ4v) is 4.25. The molecule has 1 aromatic heterocycles. The summed E-state index contributed by atoms with van der Waals surface area (Å²) in [6.07, 6.45) is 5.07. The van der Waals surface area contributed by atoms with Gasteiger partial charge in [0, 0.05) is 50.4 Å². The van der Waals surface area contributed by atoms with E-state index in [9.17, 15) is 4.39 Å². The summed E-state index contributed by atoms with van der Waals surface area (Å²) in [6.45, 7) is 5.36. The van der Waals surface area contributed by atoms with E-state index in [0.29, 0.717) is 12.6 Å². The number of nitrogens with one attached hydrogen (secondary N) is 1. The number of pyridine rings is 1. The van der Waals surface area contributed by atoms with Crippen molar-refractivity contribution in [2.45, 2.75) is 37.3 Å². The highest BCUT2D eigenvalue weighted by atomic mass is 19.1.